The molecule has 0 saturated heterocycles. The first-order valence-corrected chi connectivity index (χ1v) is 7.67. The lowest BCUT2D eigenvalue weighted by Crippen LogP contribution is -2.49. The molecule has 0 atom stereocenters. The first-order chi connectivity index (χ1) is 8.34. The molecule has 4 nitrogen and oxygen atoms in total. The van der Waals surface area contributed by atoms with Gasteiger partial charge < -0.3 is 5.73 Å². The molecule has 0 unspecified atom stereocenters. The van der Waals surface area contributed by atoms with Gasteiger partial charge in [-0.05, 0) is 31.4 Å². The van der Waals surface area contributed by atoms with E-state index in [1.165, 1.54) is 0 Å². The van der Waals surface area contributed by atoms with Gasteiger partial charge in [0.1, 0.15) is 0 Å². The Morgan fingerprint density at radius 3 is 2.28 bits per heavy atom. The Morgan fingerprint density at radius 2 is 1.78 bits per heavy atom. The normalized spacial score (nSPS) is 12.7. The molecule has 0 aliphatic carbocycles. The van der Waals surface area contributed by atoms with E-state index in [4.69, 9.17) is 5.73 Å². The van der Waals surface area contributed by atoms with Crippen molar-refractivity contribution in [1.82, 2.24) is 4.72 Å². The summed E-state index contributed by atoms with van der Waals surface area (Å²) in [4.78, 5) is 0.319. The molecule has 0 fully saturated rings. The molecule has 0 amide bonds. The molecular weight excluding hydrogens is 248 g/mol. The Labute approximate surface area is 110 Å². The second-order valence-electron chi connectivity index (χ2n) is 4.66. The van der Waals surface area contributed by atoms with E-state index in [0.29, 0.717) is 4.90 Å². The predicted molar refractivity (Wildman–Crippen MR) is 73.9 cm³/mol. The lowest BCUT2D eigenvalue weighted by Gasteiger charge is -2.26. The van der Waals surface area contributed by atoms with E-state index in [0.717, 1.165) is 18.4 Å². The van der Waals surface area contributed by atoms with Crippen molar-refractivity contribution < 1.29 is 8.42 Å². The quantitative estimate of drug-likeness (QED) is 0.828. The molecular formula is C13H22N2O2S. The number of hydrogen-bond donors (Lipinski definition) is 2. The highest BCUT2D eigenvalue weighted by Crippen LogP contribution is 2.16. The molecule has 0 radical (unpaired) electrons. The van der Waals surface area contributed by atoms with Crippen LogP contribution in [0.1, 0.15) is 32.3 Å². The van der Waals surface area contributed by atoms with Gasteiger partial charge in [0.05, 0.1) is 4.90 Å². The number of hydrogen-bond acceptors (Lipinski definition) is 3. The maximum absolute atomic E-state index is 12.2. The van der Waals surface area contributed by atoms with Crippen LogP contribution in [0.15, 0.2) is 29.2 Å². The van der Waals surface area contributed by atoms with Gasteiger partial charge in [-0.15, -0.1) is 0 Å². The number of rotatable bonds is 6. The SMILES string of the molecule is CCC(N)(CC)CNS(=O)(=O)c1ccccc1C. The van der Waals surface area contributed by atoms with Gasteiger partial charge >= 0.3 is 0 Å². The third-order valence-electron chi connectivity index (χ3n) is 3.41. The van der Waals surface area contributed by atoms with Gasteiger partial charge in [-0.2, -0.15) is 0 Å². The molecule has 0 saturated carbocycles. The summed E-state index contributed by atoms with van der Waals surface area (Å²) < 4.78 is 26.9. The van der Waals surface area contributed by atoms with E-state index in [9.17, 15) is 8.42 Å². The third-order valence-corrected chi connectivity index (χ3v) is 4.97. The average Bonchev–Trinajstić information content (AvgIpc) is 2.36. The minimum absolute atomic E-state index is 0.261. The fourth-order valence-electron chi connectivity index (χ4n) is 1.67. The molecule has 1 rings (SSSR count). The van der Waals surface area contributed by atoms with Gasteiger partial charge in [-0.3, -0.25) is 0 Å². The van der Waals surface area contributed by atoms with Crippen LogP contribution in [0.25, 0.3) is 0 Å². The summed E-state index contributed by atoms with van der Waals surface area (Å²) in [5.74, 6) is 0. The number of nitrogens with one attached hydrogen (secondary N) is 1. The Morgan fingerprint density at radius 1 is 1.22 bits per heavy atom. The minimum Gasteiger partial charge on any atom is -0.324 e. The first kappa shape index (κ1) is 15.1. The zero-order valence-corrected chi connectivity index (χ0v) is 12.0. The summed E-state index contributed by atoms with van der Waals surface area (Å²) in [6.45, 7) is 5.97. The van der Waals surface area contributed by atoms with Gasteiger partial charge in [0.25, 0.3) is 0 Å². The minimum atomic E-state index is -3.47. The summed E-state index contributed by atoms with van der Waals surface area (Å²) in [6.07, 6.45) is 1.47. The number of sulfonamides is 1. The second-order valence-corrected chi connectivity index (χ2v) is 6.39. The second kappa shape index (κ2) is 5.82. The molecule has 0 heterocycles. The number of aryl methyl sites for hydroxylation is 1. The standard InChI is InChI=1S/C13H22N2O2S/c1-4-13(14,5-2)10-15-18(16,17)12-9-7-6-8-11(12)3/h6-9,15H,4-5,10,14H2,1-3H3. The molecule has 1 aromatic carbocycles. The van der Waals surface area contributed by atoms with E-state index < -0.39 is 15.6 Å². The maximum Gasteiger partial charge on any atom is 0.240 e. The zero-order valence-electron chi connectivity index (χ0n) is 11.2. The predicted octanol–water partition coefficient (Wildman–Crippen LogP) is 1.79. The molecule has 102 valence electrons. The van der Waals surface area contributed by atoms with Gasteiger partial charge in [0.15, 0.2) is 0 Å². The van der Waals surface area contributed by atoms with Crippen molar-refractivity contribution in [2.24, 2.45) is 5.73 Å². The van der Waals surface area contributed by atoms with Crippen molar-refractivity contribution in [3.63, 3.8) is 0 Å². The highest BCUT2D eigenvalue weighted by molar-refractivity contribution is 7.89. The van der Waals surface area contributed by atoms with Crippen molar-refractivity contribution >= 4 is 10.0 Å². The maximum atomic E-state index is 12.2. The third kappa shape index (κ3) is 3.54. The largest absolute Gasteiger partial charge is 0.324 e. The Hall–Kier alpha value is -0.910. The van der Waals surface area contributed by atoms with Crippen molar-refractivity contribution in [3.8, 4) is 0 Å². The Balaban J connectivity index is 2.88. The number of benzene rings is 1. The highest BCUT2D eigenvalue weighted by atomic mass is 32.2. The molecule has 0 aliphatic heterocycles. The van der Waals surface area contributed by atoms with Crippen LogP contribution in [-0.4, -0.2) is 20.5 Å². The van der Waals surface area contributed by atoms with Crippen LogP contribution in [-0.2, 0) is 10.0 Å². The van der Waals surface area contributed by atoms with Crippen LogP contribution >= 0.6 is 0 Å². The van der Waals surface area contributed by atoms with Crippen molar-refractivity contribution in [2.45, 2.75) is 44.0 Å². The molecule has 0 aromatic heterocycles. The van der Waals surface area contributed by atoms with Crippen LogP contribution < -0.4 is 10.5 Å². The Bertz CT molecular complexity index is 493. The van der Waals surface area contributed by atoms with Crippen molar-refractivity contribution in [3.05, 3.63) is 29.8 Å². The molecule has 1 aromatic rings. The van der Waals surface area contributed by atoms with Crippen molar-refractivity contribution in [1.29, 1.82) is 0 Å². The van der Waals surface area contributed by atoms with Gasteiger partial charge in [-0.1, -0.05) is 32.0 Å². The lowest BCUT2D eigenvalue weighted by molar-refractivity contribution is 0.391. The van der Waals surface area contributed by atoms with E-state index in [1.807, 2.05) is 19.9 Å². The summed E-state index contributed by atoms with van der Waals surface area (Å²) >= 11 is 0. The van der Waals surface area contributed by atoms with Gasteiger partial charge in [0, 0.05) is 12.1 Å². The summed E-state index contributed by atoms with van der Waals surface area (Å²) in [5, 5.41) is 0. The van der Waals surface area contributed by atoms with E-state index in [1.54, 1.807) is 25.1 Å². The lowest BCUT2D eigenvalue weighted by atomic mass is 9.95. The fourth-order valence-corrected chi connectivity index (χ4v) is 3.06. The molecule has 5 heteroatoms. The van der Waals surface area contributed by atoms with E-state index >= 15 is 0 Å². The zero-order chi connectivity index (χ0) is 13.8. The van der Waals surface area contributed by atoms with Crippen LogP contribution in [0, 0.1) is 6.92 Å². The first-order valence-electron chi connectivity index (χ1n) is 6.19. The topological polar surface area (TPSA) is 72.2 Å². The summed E-state index contributed by atoms with van der Waals surface area (Å²) in [6, 6.07) is 6.92. The highest BCUT2D eigenvalue weighted by Gasteiger charge is 2.24. The van der Waals surface area contributed by atoms with Gasteiger partial charge in [-0.25, -0.2) is 13.1 Å². The summed E-state index contributed by atoms with van der Waals surface area (Å²) in [7, 11) is -3.47. The monoisotopic (exact) mass is 270 g/mol. The van der Waals surface area contributed by atoms with Crippen molar-refractivity contribution in [2.75, 3.05) is 6.54 Å². The molecule has 3 N–H and O–H groups in total. The Kier molecular flexibility index (Phi) is 4.90. The van der Waals surface area contributed by atoms with Crippen LogP contribution in [0.4, 0.5) is 0 Å². The molecule has 18 heavy (non-hydrogen) atoms. The molecule has 0 aliphatic rings. The van der Waals surface area contributed by atoms with E-state index in [2.05, 4.69) is 4.72 Å². The molecule has 0 bridgehead atoms. The summed E-state index contributed by atoms with van der Waals surface area (Å²) in [5.41, 5.74) is 6.35. The van der Waals surface area contributed by atoms with Crippen LogP contribution in [0.3, 0.4) is 0 Å². The van der Waals surface area contributed by atoms with Crippen LogP contribution in [0.5, 0.6) is 0 Å². The average molecular weight is 270 g/mol. The van der Waals surface area contributed by atoms with E-state index in [-0.39, 0.29) is 6.54 Å². The number of nitrogens with two attached hydrogens (primary N) is 1. The van der Waals surface area contributed by atoms with Gasteiger partial charge in [0.2, 0.25) is 10.0 Å². The van der Waals surface area contributed by atoms with Crippen LogP contribution in [0.2, 0.25) is 0 Å². The smallest absolute Gasteiger partial charge is 0.240 e. The fraction of sp³-hybridized carbons (Fsp3) is 0.538. The molecule has 0 spiro atoms.